The van der Waals surface area contributed by atoms with Crippen molar-refractivity contribution < 1.29 is 9.53 Å². The van der Waals surface area contributed by atoms with Gasteiger partial charge in [-0.2, -0.15) is 15.2 Å². The molecule has 0 N–H and O–H groups in total. The molecular weight excluding hydrogens is 488 g/mol. The lowest BCUT2D eigenvalue weighted by Gasteiger charge is -2.42. The molecule has 1 amide bonds. The van der Waals surface area contributed by atoms with E-state index in [1.807, 2.05) is 0 Å². The molecule has 2 fully saturated rings. The third-order valence-electron chi connectivity index (χ3n) is 9.51. The number of anilines is 1. The summed E-state index contributed by atoms with van der Waals surface area (Å²) in [4.78, 5) is 28.9. The Hall–Kier alpha value is -3.44. The van der Waals surface area contributed by atoms with Crippen LogP contribution < -0.4 is 9.64 Å². The highest BCUT2D eigenvalue weighted by Gasteiger charge is 2.43. The van der Waals surface area contributed by atoms with Gasteiger partial charge in [-0.05, 0) is 75.7 Å². The lowest BCUT2D eigenvalue weighted by molar-refractivity contribution is -0.128. The highest BCUT2D eigenvalue weighted by molar-refractivity contribution is 5.87. The van der Waals surface area contributed by atoms with E-state index < -0.39 is 0 Å². The second-order valence-electron chi connectivity index (χ2n) is 11.7. The Morgan fingerprint density at radius 2 is 2.05 bits per heavy atom. The molecule has 3 heterocycles. The van der Waals surface area contributed by atoms with Gasteiger partial charge in [-0.1, -0.05) is 30.8 Å². The number of hydrogen-bond donors (Lipinski definition) is 0. The van der Waals surface area contributed by atoms with Gasteiger partial charge in [0.2, 0.25) is 5.91 Å². The molecule has 2 aliphatic carbocycles. The molecule has 2 aliphatic heterocycles. The monoisotopic (exact) mass is 526 g/mol. The van der Waals surface area contributed by atoms with E-state index in [0.29, 0.717) is 38.3 Å². The van der Waals surface area contributed by atoms with Gasteiger partial charge in [-0.3, -0.25) is 4.79 Å². The number of carbonyl (C=O) groups is 1. The zero-order chi connectivity index (χ0) is 27.0. The third kappa shape index (κ3) is 4.78. The molecule has 1 aromatic carbocycles. The number of rotatable bonds is 6. The Morgan fingerprint density at radius 3 is 2.85 bits per heavy atom. The van der Waals surface area contributed by atoms with Crippen LogP contribution in [-0.2, 0) is 29.5 Å². The molecule has 204 valence electrons. The number of benzene rings is 1. The Bertz CT molecular complexity index is 1300. The molecule has 0 bridgehead atoms. The summed E-state index contributed by atoms with van der Waals surface area (Å²) >= 11 is 0. The maximum Gasteiger partial charge on any atom is 0.318 e. The number of aromatic nitrogens is 2. The predicted molar refractivity (Wildman–Crippen MR) is 150 cm³/mol. The number of hydrogen-bond acceptors (Lipinski definition) is 7. The summed E-state index contributed by atoms with van der Waals surface area (Å²) in [6.07, 6.45) is 9.11. The Labute approximate surface area is 231 Å². The summed E-state index contributed by atoms with van der Waals surface area (Å²) in [6.45, 7) is 7.10. The number of ether oxygens (including phenoxy) is 1. The summed E-state index contributed by atoms with van der Waals surface area (Å²) in [5, 5.41) is 9.50. The SMILES string of the molecule is C=CC(=O)N1CCN(c2nc(OCC3CCCN3C)nc3c2CCC2(CCc4ccccc42)C3)CC1CC#N. The van der Waals surface area contributed by atoms with Gasteiger partial charge in [0.05, 0.1) is 24.2 Å². The van der Waals surface area contributed by atoms with Gasteiger partial charge in [0.1, 0.15) is 12.4 Å². The first-order valence-corrected chi connectivity index (χ1v) is 14.4. The van der Waals surface area contributed by atoms with E-state index in [1.165, 1.54) is 29.2 Å². The summed E-state index contributed by atoms with van der Waals surface area (Å²) < 4.78 is 6.31. The molecule has 4 aliphatic rings. The molecule has 1 spiro atoms. The van der Waals surface area contributed by atoms with Crippen LogP contribution in [0, 0.1) is 11.3 Å². The molecule has 39 heavy (non-hydrogen) atoms. The minimum absolute atomic E-state index is 0.119. The normalized spacial score (nSPS) is 26.3. The van der Waals surface area contributed by atoms with Crippen LogP contribution in [0.15, 0.2) is 36.9 Å². The van der Waals surface area contributed by atoms with Gasteiger partial charge >= 0.3 is 6.01 Å². The minimum Gasteiger partial charge on any atom is -0.462 e. The minimum atomic E-state index is -0.201. The Kier molecular flexibility index (Phi) is 7.03. The fraction of sp³-hybridized carbons (Fsp3) is 0.548. The van der Waals surface area contributed by atoms with Crippen LogP contribution >= 0.6 is 0 Å². The average molecular weight is 527 g/mol. The van der Waals surface area contributed by atoms with Crippen molar-refractivity contribution in [2.24, 2.45) is 0 Å². The smallest absolute Gasteiger partial charge is 0.318 e. The van der Waals surface area contributed by atoms with Crippen molar-refractivity contribution in [3.63, 3.8) is 0 Å². The van der Waals surface area contributed by atoms with Crippen LogP contribution in [0.3, 0.4) is 0 Å². The second kappa shape index (κ2) is 10.6. The molecule has 0 radical (unpaired) electrons. The van der Waals surface area contributed by atoms with E-state index in [4.69, 9.17) is 14.7 Å². The van der Waals surface area contributed by atoms with E-state index in [9.17, 15) is 10.1 Å². The van der Waals surface area contributed by atoms with Crippen molar-refractivity contribution in [1.29, 1.82) is 5.26 Å². The van der Waals surface area contributed by atoms with Gasteiger partial charge in [0.15, 0.2) is 0 Å². The standard InChI is InChI=1S/C31H38N6O2/c1-3-28(38)37-18-17-36(20-23(37)12-15-32)29-25-11-14-31(13-10-22-7-4-5-9-26(22)31)19-27(25)33-30(34-29)39-21-24-8-6-16-35(24)2/h3-5,7,9,23-24H,1,6,8,10-14,16-21H2,2H3. The quantitative estimate of drug-likeness (QED) is 0.533. The molecule has 3 atom stereocenters. The zero-order valence-corrected chi connectivity index (χ0v) is 22.9. The third-order valence-corrected chi connectivity index (χ3v) is 9.51. The summed E-state index contributed by atoms with van der Waals surface area (Å²) in [5.74, 6) is 0.802. The number of fused-ring (bicyclic) bond motifs is 3. The number of likely N-dealkylation sites (tertiary alicyclic amines) is 1. The number of nitrogens with zero attached hydrogens (tertiary/aromatic N) is 6. The van der Waals surface area contributed by atoms with Crippen molar-refractivity contribution in [3.05, 3.63) is 59.3 Å². The fourth-order valence-electron chi connectivity index (χ4n) is 7.30. The highest BCUT2D eigenvalue weighted by atomic mass is 16.5. The number of piperazine rings is 1. The Balaban J connectivity index is 1.33. The van der Waals surface area contributed by atoms with Gasteiger partial charge in [0.25, 0.3) is 0 Å². The largest absolute Gasteiger partial charge is 0.462 e. The van der Waals surface area contributed by atoms with E-state index in [0.717, 1.165) is 56.6 Å². The maximum absolute atomic E-state index is 12.5. The van der Waals surface area contributed by atoms with E-state index in [1.54, 1.807) is 4.90 Å². The van der Waals surface area contributed by atoms with Crippen molar-refractivity contribution >= 4 is 11.7 Å². The summed E-state index contributed by atoms with van der Waals surface area (Å²) in [5.41, 5.74) is 5.37. The van der Waals surface area contributed by atoms with E-state index in [2.05, 4.69) is 53.8 Å². The first kappa shape index (κ1) is 25.8. The average Bonchev–Trinajstić information content (AvgIpc) is 3.54. The van der Waals surface area contributed by atoms with Crippen molar-refractivity contribution in [2.45, 2.75) is 68.9 Å². The topological polar surface area (TPSA) is 85.6 Å². The predicted octanol–water partition coefficient (Wildman–Crippen LogP) is 3.44. The number of amides is 1. The molecule has 3 unspecified atom stereocenters. The molecule has 6 rings (SSSR count). The molecule has 8 heteroatoms. The zero-order valence-electron chi connectivity index (χ0n) is 22.9. The molecule has 0 saturated carbocycles. The molecule has 2 aromatic rings. The van der Waals surface area contributed by atoms with E-state index in [-0.39, 0.29) is 23.8 Å². The van der Waals surface area contributed by atoms with Crippen LogP contribution in [0.4, 0.5) is 5.82 Å². The van der Waals surface area contributed by atoms with Gasteiger partial charge < -0.3 is 19.4 Å². The number of aryl methyl sites for hydroxylation is 1. The fourth-order valence-corrected chi connectivity index (χ4v) is 7.30. The van der Waals surface area contributed by atoms with Crippen molar-refractivity contribution in [1.82, 2.24) is 19.8 Å². The van der Waals surface area contributed by atoms with E-state index >= 15 is 0 Å². The lowest BCUT2D eigenvalue weighted by Crippen LogP contribution is -2.55. The van der Waals surface area contributed by atoms with Crippen LogP contribution in [0.1, 0.15) is 54.5 Å². The number of carbonyl (C=O) groups excluding carboxylic acids is 1. The molecule has 8 nitrogen and oxygen atoms in total. The van der Waals surface area contributed by atoms with Gasteiger partial charge in [0, 0.05) is 36.7 Å². The molecular formula is C31H38N6O2. The highest BCUT2D eigenvalue weighted by Crippen LogP contribution is 2.48. The lowest BCUT2D eigenvalue weighted by atomic mass is 9.69. The summed E-state index contributed by atoms with van der Waals surface area (Å²) in [6, 6.07) is 11.8. The van der Waals surface area contributed by atoms with Crippen LogP contribution in [0.25, 0.3) is 0 Å². The number of nitriles is 1. The van der Waals surface area contributed by atoms with Crippen LogP contribution in [0.5, 0.6) is 6.01 Å². The number of likely N-dealkylation sites (N-methyl/N-ethyl adjacent to an activating group) is 1. The van der Waals surface area contributed by atoms with Crippen molar-refractivity contribution in [2.75, 3.05) is 44.7 Å². The Morgan fingerprint density at radius 1 is 1.21 bits per heavy atom. The maximum atomic E-state index is 12.5. The molecule has 1 aromatic heterocycles. The van der Waals surface area contributed by atoms with Crippen LogP contribution in [0.2, 0.25) is 0 Å². The first-order chi connectivity index (χ1) is 19.0. The van der Waals surface area contributed by atoms with Crippen molar-refractivity contribution in [3.8, 4) is 12.1 Å². The first-order valence-electron chi connectivity index (χ1n) is 14.4. The van der Waals surface area contributed by atoms with Gasteiger partial charge in [-0.15, -0.1) is 0 Å². The van der Waals surface area contributed by atoms with Crippen LogP contribution in [-0.4, -0.2) is 77.6 Å². The molecule has 2 saturated heterocycles. The van der Waals surface area contributed by atoms with Gasteiger partial charge in [-0.25, -0.2) is 0 Å². The second-order valence-corrected chi connectivity index (χ2v) is 11.7. The summed E-state index contributed by atoms with van der Waals surface area (Å²) in [7, 11) is 2.15.